The molecule has 18 heavy (non-hydrogen) atoms. The lowest BCUT2D eigenvalue weighted by Gasteiger charge is -2.43. The predicted octanol–water partition coefficient (Wildman–Crippen LogP) is 0.887. The maximum absolute atomic E-state index is 11.8. The summed E-state index contributed by atoms with van der Waals surface area (Å²) in [6.07, 6.45) is -0.837. The smallest absolute Gasteiger partial charge is 0.329 e. The summed E-state index contributed by atoms with van der Waals surface area (Å²) in [6.45, 7) is 2.38. The molecule has 5 heteroatoms. The minimum absolute atomic E-state index is 0.256. The van der Waals surface area contributed by atoms with E-state index in [0.29, 0.717) is 13.2 Å². The van der Waals surface area contributed by atoms with Gasteiger partial charge in [-0.25, -0.2) is 4.79 Å². The van der Waals surface area contributed by atoms with E-state index < -0.39 is 18.1 Å². The summed E-state index contributed by atoms with van der Waals surface area (Å²) in [5.41, 5.74) is 0.909. The van der Waals surface area contributed by atoms with Crippen LogP contribution in [-0.4, -0.2) is 40.6 Å². The summed E-state index contributed by atoms with van der Waals surface area (Å²) in [5.74, 6) is -1.28. The van der Waals surface area contributed by atoms with E-state index in [1.807, 2.05) is 30.3 Å². The van der Waals surface area contributed by atoms with Crippen LogP contribution in [0.1, 0.15) is 12.5 Å². The highest BCUT2D eigenvalue weighted by atomic mass is 16.5. The van der Waals surface area contributed by atoms with Gasteiger partial charge in [-0.05, 0) is 12.5 Å². The molecule has 2 unspecified atom stereocenters. The van der Waals surface area contributed by atoms with Gasteiger partial charge in [0, 0.05) is 13.2 Å². The second-order valence-electron chi connectivity index (χ2n) is 4.11. The van der Waals surface area contributed by atoms with Gasteiger partial charge in [-0.1, -0.05) is 30.3 Å². The molecule has 1 aromatic carbocycles. The van der Waals surface area contributed by atoms with Crippen LogP contribution in [0.15, 0.2) is 30.3 Å². The van der Waals surface area contributed by atoms with E-state index in [9.17, 15) is 9.59 Å². The molecular formula is C13H15NO4. The van der Waals surface area contributed by atoms with Crippen LogP contribution in [0.2, 0.25) is 0 Å². The van der Waals surface area contributed by atoms with Crippen LogP contribution in [0.25, 0.3) is 0 Å². The number of carbonyl (C=O) groups is 2. The van der Waals surface area contributed by atoms with Crippen LogP contribution in [0.5, 0.6) is 0 Å². The molecule has 1 fully saturated rings. The Kier molecular flexibility index (Phi) is 3.62. The molecule has 0 spiro atoms. The van der Waals surface area contributed by atoms with Gasteiger partial charge in [0.25, 0.3) is 5.91 Å². The highest BCUT2D eigenvalue weighted by molar-refractivity contribution is 5.98. The van der Waals surface area contributed by atoms with Crippen LogP contribution >= 0.6 is 0 Å². The lowest BCUT2D eigenvalue weighted by atomic mass is 9.97. The van der Waals surface area contributed by atoms with Crippen LogP contribution in [0.4, 0.5) is 0 Å². The Bertz CT molecular complexity index is 446. The number of amides is 1. The summed E-state index contributed by atoms with van der Waals surface area (Å²) in [4.78, 5) is 24.3. The zero-order valence-corrected chi connectivity index (χ0v) is 10.1. The fourth-order valence-corrected chi connectivity index (χ4v) is 2.08. The standard InChI is InChI=1S/C13H15NO4/c1-2-18-11-10(13(16)17)14(12(11)15)8-9-6-4-3-5-7-9/h3-7,10-11H,2,8H2,1H3,(H,16,17). The van der Waals surface area contributed by atoms with Gasteiger partial charge in [0.2, 0.25) is 0 Å². The van der Waals surface area contributed by atoms with E-state index >= 15 is 0 Å². The molecule has 0 aliphatic carbocycles. The summed E-state index contributed by atoms with van der Waals surface area (Å²) >= 11 is 0. The normalized spacial score (nSPS) is 22.7. The maximum atomic E-state index is 11.8. The average molecular weight is 249 g/mol. The lowest BCUT2D eigenvalue weighted by Crippen LogP contribution is -2.68. The van der Waals surface area contributed by atoms with Crippen molar-refractivity contribution in [1.82, 2.24) is 4.90 Å². The third kappa shape index (κ3) is 2.22. The molecule has 1 aliphatic heterocycles. The Hall–Kier alpha value is -1.88. The van der Waals surface area contributed by atoms with Crippen LogP contribution in [0, 0.1) is 0 Å². The van der Waals surface area contributed by atoms with E-state index in [1.165, 1.54) is 4.90 Å². The third-order valence-corrected chi connectivity index (χ3v) is 2.94. The topological polar surface area (TPSA) is 66.8 Å². The van der Waals surface area contributed by atoms with Crippen molar-refractivity contribution >= 4 is 11.9 Å². The first kappa shape index (κ1) is 12.6. The van der Waals surface area contributed by atoms with Crippen molar-refractivity contribution in [2.24, 2.45) is 0 Å². The molecule has 0 bridgehead atoms. The van der Waals surface area contributed by atoms with Crippen molar-refractivity contribution in [3.05, 3.63) is 35.9 Å². The molecule has 0 aromatic heterocycles. The minimum Gasteiger partial charge on any atom is -0.480 e. The number of carboxylic acids is 1. The quantitative estimate of drug-likeness (QED) is 0.787. The Morgan fingerprint density at radius 3 is 2.61 bits per heavy atom. The second kappa shape index (κ2) is 5.18. The van der Waals surface area contributed by atoms with Gasteiger partial charge >= 0.3 is 5.97 Å². The molecule has 2 atom stereocenters. The monoisotopic (exact) mass is 249 g/mol. The molecule has 0 radical (unpaired) electrons. The van der Waals surface area contributed by atoms with Crippen LogP contribution in [0.3, 0.4) is 0 Å². The third-order valence-electron chi connectivity index (χ3n) is 2.94. The van der Waals surface area contributed by atoms with Crippen LogP contribution < -0.4 is 0 Å². The van der Waals surface area contributed by atoms with Crippen molar-refractivity contribution in [2.75, 3.05) is 6.61 Å². The molecule has 1 aliphatic rings. The number of carboxylic acid groups (broad SMARTS) is 1. The van der Waals surface area contributed by atoms with Gasteiger partial charge in [0.1, 0.15) is 0 Å². The van der Waals surface area contributed by atoms with Gasteiger partial charge in [0.15, 0.2) is 12.1 Å². The molecule has 2 rings (SSSR count). The molecule has 1 aromatic rings. The number of nitrogens with zero attached hydrogens (tertiary/aromatic N) is 1. The van der Waals surface area contributed by atoms with Crippen molar-refractivity contribution in [2.45, 2.75) is 25.6 Å². The summed E-state index contributed by atoms with van der Waals surface area (Å²) in [6, 6.07) is 8.43. The first-order valence-electron chi connectivity index (χ1n) is 5.84. The molecule has 96 valence electrons. The van der Waals surface area contributed by atoms with Crippen molar-refractivity contribution in [1.29, 1.82) is 0 Å². The molecule has 5 nitrogen and oxygen atoms in total. The Balaban J connectivity index is 2.09. The zero-order chi connectivity index (χ0) is 13.1. The second-order valence-corrected chi connectivity index (χ2v) is 4.11. The fourth-order valence-electron chi connectivity index (χ4n) is 2.08. The van der Waals surface area contributed by atoms with Gasteiger partial charge in [-0.2, -0.15) is 0 Å². The number of β-lactam (4-membered cyclic amide) rings is 1. The van der Waals surface area contributed by atoms with E-state index in [0.717, 1.165) is 5.56 Å². The van der Waals surface area contributed by atoms with Gasteiger partial charge in [0.05, 0.1) is 0 Å². The van der Waals surface area contributed by atoms with Crippen molar-refractivity contribution in [3.63, 3.8) is 0 Å². The zero-order valence-electron chi connectivity index (χ0n) is 10.1. The van der Waals surface area contributed by atoms with E-state index in [2.05, 4.69) is 0 Å². The van der Waals surface area contributed by atoms with Crippen molar-refractivity contribution < 1.29 is 19.4 Å². The average Bonchev–Trinajstić information content (AvgIpc) is 2.37. The van der Waals surface area contributed by atoms with Crippen molar-refractivity contribution in [3.8, 4) is 0 Å². The number of aliphatic carboxylic acids is 1. The number of ether oxygens (including phenoxy) is 1. The van der Waals surface area contributed by atoms with Gasteiger partial charge < -0.3 is 14.7 Å². The first-order valence-corrected chi connectivity index (χ1v) is 5.84. The molecule has 1 amide bonds. The maximum Gasteiger partial charge on any atom is 0.329 e. The highest BCUT2D eigenvalue weighted by Gasteiger charge is 2.52. The molecule has 1 N–H and O–H groups in total. The van der Waals surface area contributed by atoms with Crippen LogP contribution in [-0.2, 0) is 20.9 Å². The predicted molar refractivity (Wildman–Crippen MR) is 63.8 cm³/mol. The SMILES string of the molecule is CCOC1C(=O)N(Cc2ccccc2)C1C(=O)O. The summed E-state index contributed by atoms with van der Waals surface area (Å²) in [7, 11) is 0. The summed E-state index contributed by atoms with van der Waals surface area (Å²) in [5, 5.41) is 9.12. The molecule has 1 heterocycles. The fraction of sp³-hybridized carbons (Fsp3) is 0.385. The van der Waals surface area contributed by atoms with E-state index in [1.54, 1.807) is 6.92 Å². The number of carbonyl (C=O) groups excluding carboxylic acids is 1. The Morgan fingerprint density at radius 2 is 2.06 bits per heavy atom. The Morgan fingerprint density at radius 1 is 1.39 bits per heavy atom. The van der Waals surface area contributed by atoms with E-state index in [-0.39, 0.29) is 5.91 Å². The first-order chi connectivity index (χ1) is 8.65. The Labute approximate surface area is 105 Å². The number of rotatable bonds is 5. The largest absolute Gasteiger partial charge is 0.480 e. The molecule has 1 saturated heterocycles. The minimum atomic E-state index is -1.02. The summed E-state index contributed by atoms with van der Waals surface area (Å²) < 4.78 is 5.16. The van der Waals surface area contributed by atoms with Gasteiger partial charge in [-0.3, -0.25) is 4.79 Å². The number of hydrogen-bond donors (Lipinski definition) is 1. The molecule has 0 saturated carbocycles. The number of hydrogen-bond acceptors (Lipinski definition) is 3. The number of likely N-dealkylation sites (tertiary alicyclic amines) is 1. The van der Waals surface area contributed by atoms with Gasteiger partial charge in [-0.15, -0.1) is 0 Å². The van der Waals surface area contributed by atoms with E-state index in [4.69, 9.17) is 9.84 Å². The number of benzene rings is 1. The lowest BCUT2D eigenvalue weighted by molar-refractivity contribution is -0.186. The highest BCUT2D eigenvalue weighted by Crippen LogP contribution is 2.25. The molecular weight excluding hydrogens is 234 g/mol.